The Bertz CT molecular complexity index is 524. The zero-order chi connectivity index (χ0) is 13.7. The number of ether oxygens (including phenoxy) is 1. The van der Waals surface area contributed by atoms with Gasteiger partial charge in [0.05, 0.1) is 17.0 Å². The number of rotatable bonds is 6. The van der Waals surface area contributed by atoms with E-state index in [9.17, 15) is 4.79 Å². The first kappa shape index (κ1) is 13.7. The Hall–Kier alpha value is -1.76. The second-order valence-electron chi connectivity index (χ2n) is 3.92. The van der Waals surface area contributed by atoms with Gasteiger partial charge < -0.3 is 9.26 Å². The maximum atomic E-state index is 11.9. The summed E-state index contributed by atoms with van der Waals surface area (Å²) in [5, 5.41) is 3.88. The predicted molar refractivity (Wildman–Crippen MR) is 69.7 cm³/mol. The maximum absolute atomic E-state index is 11.9. The van der Waals surface area contributed by atoms with E-state index in [1.54, 1.807) is 18.6 Å². The number of hydrogen-bond acceptors (Lipinski definition) is 7. The van der Waals surface area contributed by atoms with E-state index in [1.807, 2.05) is 6.92 Å². The molecule has 0 aromatic carbocycles. The van der Waals surface area contributed by atoms with Crippen molar-refractivity contribution in [2.75, 3.05) is 6.61 Å². The minimum Gasteiger partial charge on any atom is -0.465 e. The second-order valence-corrected chi connectivity index (χ2v) is 4.80. The molecule has 0 aliphatic rings. The first-order valence-corrected chi connectivity index (χ1v) is 7.03. The van der Waals surface area contributed by atoms with E-state index in [2.05, 4.69) is 15.1 Å². The standard InChI is InChI=1S/C12H15N3O3S/c1-3-5-8(12(16)17-4-2)11-14-10(15-18-11)9-6-13-7-19-9/h6-8H,3-5H2,1-2H3. The summed E-state index contributed by atoms with van der Waals surface area (Å²) in [4.78, 5) is 20.9. The fraction of sp³-hybridized carbons (Fsp3) is 0.500. The smallest absolute Gasteiger partial charge is 0.318 e. The molecule has 0 saturated heterocycles. The lowest BCUT2D eigenvalue weighted by Crippen LogP contribution is -2.16. The Morgan fingerprint density at radius 3 is 3.00 bits per heavy atom. The molecule has 2 aromatic heterocycles. The highest BCUT2D eigenvalue weighted by atomic mass is 32.1. The van der Waals surface area contributed by atoms with Crippen molar-refractivity contribution in [3.63, 3.8) is 0 Å². The van der Waals surface area contributed by atoms with Crippen molar-refractivity contribution >= 4 is 17.3 Å². The van der Waals surface area contributed by atoms with Gasteiger partial charge in [0.1, 0.15) is 5.92 Å². The molecule has 0 aliphatic heterocycles. The van der Waals surface area contributed by atoms with Crippen molar-refractivity contribution in [1.82, 2.24) is 15.1 Å². The number of aromatic nitrogens is 3. The van der Waals surface area contributed by atoms with E-state index >= 15 is 0 Å². The normalized spacial score (nSPS) is 12.3. The van der Waals surface area contributed by atoms with Gasteiger partial charge in [-0.3, -0.25) is 9.78 Å². The van der Waals surface area contributed by atoms with Gasteiger partial charge in [-0.1, -0.05) is 18.5 Å². The summed E-state index contributed by atoms with van der Waals surface area (Å²) in [5.41, 5.74) is 1.69. The monoisotopic (exact) mass is 281 g/mol. The van der Waals surface area contributed by atoms with Crippen LogP contribution in [0, 0.1) is 0 Å². The molecule has 1 atom stereocenters. The fourth-order valence-corrected chi connectivity index (χ4v) is 2.22. The molecule has 6 nitrogen and oxygen atoms in total. The van der Waals surface area contributed by atoms with Gasteiger partial charge in [0.2, 0.25) is 11.7 Å². The summed E-state index contributed by atoms with van der Waals surface area (Å²) >= 11 is 1.42. The Morgan fingerprint density at radius 1 is 1.53 bits per heavy atom. The van der Waals surface area contributed by atoms with Gasteiger partial charge in [0.25, 0.3) is 0 Å². The molecule has 0 N–H and O–H groups in total. The van der Waals surface area contributed by atoms with Crippen LogP contribution < -0.4 is 0 Å². The molecule has 0 saturated carbocycles. The summed E-state index contributed by atoms with van der Waals surface area (Å²) in [6, 6.07) is 0. The van der Waals surface area contributed by atoms with Crippen LogP contribution in [0.25, 0.3) is 10.7 Å². The second kappa shape index (κ2) is 6.42. The van der Waals surface area contributed by atoms with Crippen LogP contribution >= 0.6 is 11.3 Å². The van der Waals surface area contributed by atoms with Crippen LogP contribution in [0.4, 0.5) is 0 Å². The van der Waals surface area contributed by atoms with Crippen LogP contribution in [0.2, 0.25) is 0 Å². The van der Waals surface area contributed by atoms with Gasteiger partial charge in [-0.15, -0.1) is 11.3 Å². The van der Waals surface area contributed by atoms with Crippen LogP contribution in [-0.4, -0.2) is 27.7 Å². The molecule has 2 aromatic rings. The summed E-state index contributed by atoms with van der Waals surface area (Å²) < 4.78 is 10.2. The fourth-order valence-electron chi connectivity index (χ4n) is 1.68. The first-order chi connectivity index (χ1) is 9.26. The van der Waals surface area contributed by atoms with E-state index in [0.29, 0.717) is 24.7 Å². The topological polar surface area (TPSA) is 78.1 Å². The Morgan fingerprint density at radius 2 is 2.37 bits per heavy atom. The minimum absolute atomic E-state index is 0.309. The molecule has 0 fully saturated rings. The Kier molecular flexibility index (Phi) is 4.62. The molecule has 2 rings (SSSR count). The van der Waals surface area contributed by atoms with Crippen molar-refractivity contribution in [1.29, 1.82) is 0 Å². The van der Waals surface area contributed by atoms with Crippen LogP contribution in [0.5, 0.6) is 0 Å². The molecule has 7 heteroatoms. The van der Waals surface area contributed by atoms with Crippen molar-refractivity contribution in [3.05, 3.63) is 17.6 Å². The highest BCUT2D eigenvalue weighted by molar-refractivity contribution is 7.13. The summed E-state index contributed by atoms with van der Waals surface area (Å²) in [5.74, 6) is -0.0328. The first-order valence-electron chi connectivity index (χ1n) is 6.15. The Labute approximate surface area is 114 Å². The third kappa shape index (κ3) is 3.17. The maximum Gasteiger partial charge on any atom is 0.318 e. The molecular formula is C12H15N3O3S. The Balaban J connectivity index is 2.20. The molecule has 0 aliphatic carbocycles. The van der Waals surface area contributed by atoms with E-state index < -0.39 is 5.92 Å². The SMILES string of the molecule is CCCC(C(=O)OCC)c1nc(-c2cncs2)no1. The third-order valence-electron chi connectivity index (χ3n) is 2.54. The summed E-state index contributed by atoms with van der Waals surface area (Å²) in [6.07, 6.45) is 3.13. The number of carbonyl (C=O) groups excluding carboxylic acids is 1. The highest BCUT2D eigenvalue weighted by Crippen LogP contribution is 2.25. The molecule has 0 bridgehead atoms. The number of nitrogens with zero attached hydrogens (tertiary/aromatic N) is 3. The molecule has 2 heterocycles. The lowest BCUT2D eigenvalue weighted by molar-refractivity contribution is -0.145. The lowest BCUT2D eigenvalue weighted by atomic mass is 10.0. The number of carbonyl (C=O) groups is 1. The largest absolute Gasteiger partial charge is 0.465 e. The van der Waals surface area contributed by atoms with Crippen LogP contribution in [-0.2, 0) is 9.53 Å². The average Bonchev–Trinajstić information content (AvgIpc) is 3.06. The van der Waals surface area contributed by atoms with Gasteiger partial charge in [-0.25, -0.2) is 0 Å². The molecule has 102 valence electrons. The zero-order valence-electron chi connectivity index (χ0n) is 10.8. The lowest BCUT2D eigenvalue weighted by Gasteiger charge is -2.09. The molecule has 0 amide bonds. The predicted octanol–water partition coefficient (Wildman–Crippen LogP) is 2.64. The zero-order valence-corrected chi connectivity index (χ0v) is 11.6. The quantitative estimate of drug-likeness (QED) is 0.757. The summed E-state index contributed by atoms with van der Waals surface area (Å²) in [7, 11) is 0. The van der Waals surface area contributed by atoms with Gasteiger partial charge in [0, 0.05) is 6.20 Å². The molecular weight excluding hydrogens is 266 g/mol. The van der Waals surface area contributed by atoms with Crippen molar-refractivity contribution in [3.8, 4) is 10.7 Å². The number of hydrogen-bond donors (Lipinski definition) is 0. The number of thiazole rings is 1. The van der Waals surface area contributed by atoms with Gasteiger partial charge >= 0.3 is 5.97 Å². The van der Waals surface area contributed by atoms with Crippen LogP contribution in [0.15, 0.2) is 16.2 Å². The van der Waals surface area contributed by atoms with Gasteiger partial charge in [-0.2, -0.15) is 4.98 Å². The van der Waals surface area contributed by atoms with Crippen molar-refractivity contribution in [2.45, 2.75) is 32.6 Å². The van der Waals surface area contributed by atoms with Gasteiger partial charge in [-0.05, 0) is 13.3 Å². The minimum atomic E-state index is -0.487. The molecule has 0 radical (unpaired) electrons. The van der Waals surface area contributed by atoms with Gasteiger partial charge in [0.15, 0.2) is 0 Å². The highest BCUT2D eigenvalue weighted by Gasteiger charge is 2.27. The van der Waals surface area contributed by atoms with Crippen LogP contribution in [0.1, 0.15) is 38.5 Å². The van der Waals surface area contributed by atoms with Crippen LogP contribution in [0.3, 0.4) is 0 Å². The summed E-state index contributed by atoms with van der Waals surface area (Å²) in [6.45, 7) is 4.11. The van der Waals surface area contributed by atoms with E-state index in [-0.39, 0.29) is 5.97 Å². The molecule has 0 spiro atoms. The average molecular weight is 281 g/mol. The van der Waals surface area contributed by atoms with E-state index in [0.717, 1.165) is 11.3 Å². The van der Waals surface area contributed by atoms with Crippen molar-refractivity contribution < 1.29 is 14.1 Å². The van der Waals surface area contributed by atoms with E-state index in [4.69, 9.17) is 9.26 Å². The van der Waals surface area contributed by atoms with E-state index in [1.165, 1.54) is 11.3 Å². The molecule has 1 unspecified atom stereocenters. The molecule has 19 heavy (non-hydrogen) atoms. The third-order valence-corrected chi connectivity index (χ3v) is 3.31. The van der Waals surface area contributed by atoms with Crippen molar-refractivity contribution in [2.24, 2.45) is 0 Å². The number of esters is 1.